The minimum absolute atomic E-state index is 0.226. The quantitative estimate of drug-likeness (QED) is 0.0993. The van der Waals surface area contributed by atoms with Gasteiger partial charge in [0.15, 0.2) is 0 Å². The Hall–Kier alpha value is -9.99. The Morgan fingerprint density at radius 1 is 0.387 bits per heavy atom. The number of aromatic nitrogens is 2. The normalized spacial score (nSPS) is 11.6. The van der Waals surface area contributed by atoms with Crippen molar-refractivity contribution in [2.24, 2.45) is 0 Å². The molecule has 0 bridgehead atoms. The minimum Gasteiger partial charge on any atom is -0.459 e. The van der Waals surface area contributed by atoms with Crippen molar-refractivity contribution < 1.29 is 33.0 Å². The predicted octanol–water partition coefficient (Wildman–Crippen LogP) is 16.1. The first-order chi connectivity index (χ1) is 36.7. The van der Waals surface area contributed by atoms with E-state index in [4.69, 9.17) is 18.6 Å². The average Bonchev–Trinajstić information content (AvgIpc) is 4.15. The van der Waals surface area contributed by atoms with Gasteiger partial charge in [-0.25, -0.2) is 14.4 Å². The number of nitrogens with zero attached hydrogens (tertiary/aromatic N) is 2. The van der Waals surface area contributed by atoms with E-state index in [0.29, 0.717) is 28.2 Å². The van der Waals surface area contributed by atoms with Crippen molar-refractivity contribution in [2.45, 2.75) is 20.0 Å². The molecule has 13 rings (SSSR count). The van der Waals surface area contributed by atoms with Gasteiger partial charge in [-0.2, -0.15) is 0 Å². The highest BCUT2D eigenvalue weighted by atomic mass is 16.5. The molecular formula is C66H44N2O7. The Balaban J connectivity index is 0.915. The predicted molar refractivity (Wildman–Crippen MR) is 297 cm³/mol. The van der Waals surface area contributed by atoms with Crippen LogP contribution in [0.3, 0.4) is 0 Å². The zero-order valence-corrected chi connectivity index (χ0v) is 40.7. The lowest BCUT2D eigenvalue weighted by Gasteiger charge is -2.11. The number of para-hydroxylation sites is 4. The number of rotatable bonds is 10. The molecule has 3 heterocycles. The molecule has 0 spiro atoms. The molecule has 13 aromatic rings. The molecule has 0 saturated carbocycles. The summed E-state index contributed by atoms with van der Waals surface area (Å²) < 4.78 is 28.2. The van der Waals surface area contributed by atoms with Gasteiger partial charge in [0.1, 0.15) is 22.7 Å². The molecule has 0 saturated heterocycles. The van der Waals surface area contributed by atoms with Crippen LogP contribution >= 0.6 is 0 Å². The maximum Gasteiger partial charge on any atom is 0.343 e. The number of hydrogen-bond donors (Lipinski definition) is 0. The van der Waals surface area contributed by atoms with E-state index >= 15 is 0 Å². The monoisotopic (exact) mass is 976 g/mol. The summed E-state index contributed by atoms with van der Waals surface area (Å²) in [6.07, 6.45) is -0.226. The van der Waals surface area contributed by atoms with E-state index < -0.39 is 11.9 Å². The van der Waals surface area contributed by atoms with Crippen molar-refractivity contribution in [3.05, 3.63) is 241 Å². The summed E-state index contributed by atoms with van der Waals surface area (Å²) in [5.74, 6) is -0.303. The molecule has 360 valence electrons. The van der Waals surface area contributed by atoms with Crippen LogP contribution in [0.15, 0.2) is 229 Å². The molecule has 9 heteroatoms. The molecule has 0 aliphatic rings. The largest absolute Gasteiger partial charge is 0.459 e. The Bertz CT molecular complexity index is 4410. The van der Waals surface area contributed by atoms with Gasteiger partial charge in [-0.1, -0.05) is 115 Å². The van der Waals surface area contributed by atoms with Crippen LogP contribution in [0.5, 0.6) is 11.5 Å². The number of carbonyl (C=O) groups is 3. The Morgan fingerprint density at radius 2 is 0.960 bits per heavy atom. The number of fused-ring (bicyclic) bond motifs is 9. The molecule has 0 aliphatic carbocycles. The number of benzene rings is 10. The zero-order valence-electron chi connectivity index (χ0n) is 40.7. The van der Waals surface area contributed by atoms with Crippen LogP contribution < -0.4 is 9.47 Å². The molecule has 75 heavy (non-hydrogen) atoms. The average molecular weight is 977 g/mol. The topological polar surface area (TPSA) is 102 Å². The number of esters is 3. The van der Waals surface area contributed by atoms with Crippen molar-refractivity contribution in [1.82, 2.24) is 9.13 Å². The third-order valence-electron chi connectivity index (χ3n) is 13.8. The Kier molecular flexibility index (Phi) is 10.9. The second kappa shape index (κ2) is 18.2. The lowest BCUT2D eigenvalue weighted by Crippen LogP contribution is -2.11. The van der Waals surface area contributed by atoms with Crippen molar-refractivity contribution in [3.63, 3.8) is 0 Å². The fraction of sp³-hybridized carbons (Fsp3) is 0.0455. The van der Waals surface area contributed by atoms with Crippen LogP contribution in [0.4, 0.5) is 0 Å². The molecule has 0 fully saturated rings. The smallest absolute Gasteiger partial charge is 0.343 e. The van der Waals surface area contributed by atoms with Gasteiger partial charge in [0.25, 0.3) is 0 Å². The van der Waals surface area contributed by atoms with Crippen LogP contribution in [-0.2, 0) is 4.74 Å². The van der Waals surface area contributed by atoms with Gasteiger partial charge in [-0.15, -0.1) is 0 Å². The van der Waals surface area contributed by atoms with Crippen LogP contribution in [0, 0.1) is 0 Å². The van der Waals surface area contributed by atoms with E-state index in [1.165, 1.54) is 0 Å². The van der Waals surface area contributed by atoms with Crippen molar-refractivity contribution in [3.8, 4) is 45.1 Å². The molecule has 10 aromatic carbocycles. The van der Waals surface area contributed by atoms with Crippen molar-refractivity contribution in [1.29, 1.82) is 0 Å². The zero-order chi connectivity index (χ0) is 50.7. The van der Waals surface area contributed by atoms with Gasteiger partial charge in [0.05, 0.1) is 44.9 Å². The van der Waals surface area contributed by atoms with Crippen LogP contribution in [-0.4, -0.2) is 33.1 Å². The first-order valence-corrected chi connectivity index (χ1v) is 24.8. The lowest BCUT2D eigenvalue weighted by atomic mass is 10.0. The van der Waals surface area contributed by atoms with E-state index in [9.17, 15) is 14.4 Å². The van der Waals surface area contributed by atoms with Crippen LogP contribution in [0.2, 0.25) is 0 Å². The lowest BCUT2D eigenvalue weighted by molar-refractivity contribution is 0.0377. The van der Waals surface area contributed by atoms with Crippen LogP contribution in [0.25, 0.3) is 99.2 Å². The Morgan fingerprint density at radius 3 is 1.72 bits per heavy atom. The van der Waals surface area contributed by atoms with E-state index in [-0.39, 0.29) is 12.1 Å². The van der Waals surface area contributed by atoms with E-state index in [1.807, 2.05) is 117 Å². The SMILES string of the molecule is CC(C)OC(=O)c1ccc2c(c1)c1ccccc1n2-c1cccc(-c2cccc3c2oc2ccc(-n4c5cc(C(=O)Oc6ccccc6)ccc5c5ccc(-c6ccc(C(=O)Oc7ccccc7)cc6)cc54)cc23)c1. The molecular weight excluding hydrogens is 933 g/mol. The number of ether oxygens (including phenoxy) is 3. The third kappa shape index (κ3) is 8.04. The van der Waals surface area contributed by atoms with E-state index in [1.54, 1.807) is 36.4 Å². The second-order valence-corrected chi connectivity index (χ2v) is 18.8. The molecule has 0 unspecified atom stereocenters. The number of carbonyl (C=O) groups excluding carboxylic acids is 3. The summed E-state index contributed by atoms with van der Waals surface area (Å²) in [4.78, 5) is 39.8. The number of furan rings is 1. The van der Waals surface area contributed by atoms with Gasteiger partial charge in [0.2, 0.25) is 0 Å². The van der Waals surface area contributed by atoms with Crippen molar-refractivity contribution in [2.75, 3.05) is 0 Å². The maximum absolute atomic E-state index is 13.7. The second-order valence-electron chi connectivity index (χ2n) is 18.8. The standard InChI is InChI=1S/C66H44N2O7/c1-40(2)72-65(70)45-29-33-59-56(36-45)52-19-9-10-22-58(52)67(59)47-14-11-13-44(35-47)51-20-12-21-55-57-39-48(30-34-62(57)75-63(51)55)68-60-37-43(41-23-25-42(26-24-41)64(69)73-49-15-5-3-6-16-49)27-31-53(60)54-32-28-46(38-61(54)68)66(71)74-50-17-7-4-8-18-50/h3-40H,1-2H3. The molecule has 0 atom stereocenters. The maximum atomic E-state index is 13.7. The van der Waals surface area contributed by atoms with Gasteiger partial charge >= 0.3 is 17.9 Å². The van der Waals surface area contributed by atoms with Crippen molar-refractivity contribution >= 4 is 83.5 Å². The summed E-state index contributed by atoms with van der Waals surface area (Å²) >= 11 is 0. The fourth-order valence-electron chi connectivity index (χ4n) is 10.3. The Labute approximate surface area is 430 Å². The first-order valence-electron chi connectivity index (χ1n) is 24.8. The summed E-state index contributed by atoms with van der Waals surface area (Å²) in [7, 11) is 0. The molecule has 0 amide bonds. The fourth-order valence-corrected chi connectivity index (χ4v) is 10.3. The van der Waals surface area contributed by atoms with Gasteiger partial charge in [-0.05, 0) is 140 Å². The van der Waals surface area contributed by atoms with Crippen LogP contribution in [0.1, 0.15) is 44.9 Å². The molecule has 0 aliphatic heterocycles. The van der Waals surface area contributed by atoms with E-state index in [0.717, 1.165) is 99.2 Å². The number of hydrogen-bond acceptors (Lipinski definition) is 7. The highest BCUT2D eigenvalue weighted by Gasteiger charge is 2.21. The molecule has 9 nitrogen and oxygen atoms in total. The highest BCUT2D eigenvalue weighted by molar-refractivity contribution is 6.15. The summed E-state index contributed by atoms with van der Waals surface area (Å²) in [6.45, 7) is 3.70. The van der Waals surface area contributed by atoms with Gasteiger partial charge < -0.3 is 27.8 Å². The van der Waals surface area contributed by atoms with Gasteiger partial charge in [-0.3, -0.25) is 0 Å². The molecule has 0 radical (unpaired) electrons. The third-order valence-corrected chi connectivity index (χ3v) is 13.8. The molecule has 3 aromatic heterocycles. The van der Waals surface area contributed by atoms with Gasteiger partial charge in [0, 0.05) is 49.3 Å². The summed E-state index contributed by atoms with van der Waals surface area (Å²) in [6, 6.07) is 72.4. The minimum atomic E-state index is -0.463. The van der Waals surface area contributed by atoms with E-state index in [2.05, 4.69) is 94.1 Å². The summed E-state index contributed by atoms with van der Waals surface area (Å²) in [5, 5.41) is 5.83. The molecule has 0 N–H and O–H groups in total. The summed E-state index contributed by atoms with van der Waals surface area (Å²) in [5.41, 5.74) is 12.2. The highest BCUT2D eigenvalue weighted by Crippen LogP contribution is 2.41. The first kappa shape index (κ1) is 44.9.